The molecule has 0 saturated carbocycles. The van der Waals surface area contributed by atoms with Gasteiger partial charge >= 0.3 is 0 Å². The van der Waals surface area contributed by atoms with Crippen LogP contribution in [0.25, 0.3) is 5.76 Å². The Bertz CT molecular complexity index is 1360. The van der Waals surface area contributed by atoms with Crippen molar-refractivity contribution in [2.75, 3.05) is 12.0 Å². The summed E-state index contributed by atoms with van der Waals surface area (Å²) in [7, 11) is 1.61. The predicted molar refractivity (Wildman–Crippen MR) is 148 cm³/mol. The molecule has 5 heteroatoms. The minimum absolute atomic E-state index is 0.0494. The number of methoxy groups -OCH3 is 1. The Morgan fingerprint density at radius 3 is 2.00 bits per heavy atom. The number of hydrogen-bond acceptors (Lipinski definition) is 4. The molecule has 1 amide bonds. The highest BCUT2D eigenvalue weighted by molar-refractivity contribution is 6.51. The third kappa shape index (κ3) is 4.91. The maximum atomic E-state index is 13.5. The summed E-state index contributed by atoms with van der Waals surface area (Å²) in [5.74, 6) is -0.875. The van der Waals surface area contributed by atoms with E-state index in [-0.39, 0.29) is 22.2 Å². The number of aliphatic hydroxyl groups is 1. The van der Waals surface area contributed by atoms with Crippen molar-refractivity contribution >= 4 is 23.1 Å². The molecule has 0 spiro atoms. The maximum absolute atomic E-state index is 13.5. The van der Waals surface area contributed by atoms with Gasteiger partial charge in [0.25, 0.3) is 11.7 Å². The van der Waals surface area contributed by atoms with Crippen LogP contribution in [0.15, 0.2) is 78.4 Å². The average molecular weight is 498 g/mol. The van der Waals surface area contributed by atoms with Crippen LogP contribution in [0.1, 0.15) is 69.8 Å². The van der Waals surface area contributed by atoms with Gasteiger partial charge in [-0.05, 0) is 52.3 Å². The maximum Gasteiger partial charge on any atom is 0.300 e. The number of rotatable bonds is 4. The summed E-state index contributed by atoms with van der Waals surface area (Å²) in [6, 6.07) is 21.6. The predicted octanol–water partition coefficient (Wildman–Crippen LogP) is 6.92. The van der Waals surface area contributed by atoms with Gasteiger partial charge in [0, 0.05) is 16.8 Å². The number of benzene rings is 3. The molecule has 4 rings (SSSR count). The van der Waals surface area contributed by atoms with Crippen molar-refractivity contribution in [2.24, 2.45) is 0 Å². The zero-order valence-corrected chi connectivity index (χ0v) is 22.6. The molecular weight excluding hydrogens is 462 g/mol. The van der Waals surface area contributed by atoms with E-state index in [4.69, 9.17) is 4.74 Å². The van der Waals surface area contributed by atoms with E-state index < -0.39 is 17.7 Å². The number of para-hydroxylation sites is 1. The lowest BCUT2D eigenvalue weighted by atomic mass is 9.84. The summed E-state index contributed by atoms with van der Waals surface area (Å²) in [6.07, 6.45) is 0. The molecule has 1 aliphatic rings. The lowest BCUT2D eigenvalue weighted by Crippen LogP contribution is -2.29. The van der Waals surface area contributed by atoms with E-state index in [1.54, 1.807) is 31.4 Å². The van der Waals surface area contributed by atoms with Crippen molar-refractivity contribution < 1.29 is 19.4 Å². The first kappa shape index (κ1) is 26.2. The number of Topliss-reactive ketones (excluding diaryl/α,β-unsaturated/α-hetero) is 1. The second kappa shape index (κ2) is 9.55. The quantitative estimate of drug-likeness (QED) is 0.241. The molecule has 0 aliphatic carbocycles. The molecule has 0 radical (unpaired) electrons. The van der Waals surface area contributed by atoms with Crippen LogP contribution in [0.5, 0.6) is 5.75 Å². The first-order valence-electron chi connectivity index (χ1n) is 12.5. The van der Waals surface area contributed by atoms with E-state index in [0.717, 1.165) is 16.7 Å². The monoisotopic (exact) mass is 497 g/mol. The number of ketones is 1. The van der Waals surface area contributed by atoms with Gasteiger partial charge in [-0.15, -0.1) is 0 Å². The highest BCUT2D eigenvalue weighted by atomic mass is 16.5. The molecule has 1 aliphatic heterocycles. The summed E-state index contributed by atoms with van der Waals surface area (Å²) >= 11 is 0. The highest BCUT2D eigenvalue weighted by Gasteiger charge is 2.47. The Balaban J connectivity index is 1.94. The number of anilines is 1. The molecule has 1 atom stereocenters. The van der Waals surface area contributed by atoms with Gasteiger partial charge in [0.05, 0.1) is 18.7 Å². The second-order valence-corrected chi connectivity index (χ2v) is 11.5. The van der Waals surface area contributed by atoms with E-state index >= 15 is 0 Å². The van der Waals surface area contributed by atoms with E-state index in [1.807, 2.05) is 48.5 Å². The molecule has 0 bridgehead atoms. The largest absolute Gasteiger partial charge is 0.507 e. The number of carbonyl (C=O) groups is 2. The van der Waals surface area contributed by atoms with E-state index in [0.29, 0.717) is 17.0 Å². The molecule has 1 heterocycles. The first-order chi connectivity index (χ1) is 17.3. The lowest BCUT2D eigenvalue weighted by Gasteiger charge is -2.27. The fraction of sp³-hybridized carbons (Fsp3) is 0.312. The lowest BCUT2D eigenvalue weighted by molar-refractivity contribution is -0.132. The van der Waals surface area contributed by atoms with Crippen molar-refractivity contribution in [1.29, 1.82) is 0 Å². The van der Waals surface area contributed by atoms with Crippen LogP contribution in [0.3, 0.4) is 0 Å². The summed E-state index contributed by atoms with van der Waals surface area (Å²) in [5.41, 5.74) is 3.60. The van der Waals surface area contributed by atoms with Crippen molar-refractivity contribution in [3.05, 3.63) is 101 Å². The minimum atomic E-state index is -0.767. The van der Waals surface area contributed by atoms with Crippen LogP contribution in [0.2, 0.25) is 0 Å². The second-order valence-electron chi connectivity index (χ2n) is 11.5. The van der Waals surface area contributed by atoms with Crippen LogP contribution in [-0.2, 0) is 20.4 Å². The van der Waals surface area contributed by atoms with Gasteiger partial charge in [-0.1, -0.05) is 84.0 Å². The number of hydrogen-bond donors (Lipinski definition) is 1. The van der Waals surface area contributed by atoms with Gasteiger partial charge in [-0.2, -0.15) is 0 Å². The van der Waals surface area contributed by atoms with Gasteiger partial charge in [-0.3, -0.25) is 14.5 Å². The molecule has 192 valence electrons. The van der Waals surface area contributed by atoms with E-state index in [2.05, 4.69) is 41.5 Å². The Hall–Kier alpha value is -3.86. The van der Waals surface area contributed by atoms with Gasteiger partial charge < -0.3 is 9.84 Å². The molecule has 3 aromatic rings. The Morgan fingerprint density at radius 1 is 0.838 bits per heavy atom. The van der Waals surface area contributed by atoms with Crippen molar-refractivity contribution in [3.8, 4) is 5.75 Å². The minimum Gasteiger partial charge on any atom is -0.507 e. The SMILES string of the molecule is COc1ccc(/C(O)=C2/C(=O)C(=O)N(c3ccccc3)C2c2ccc(C(C)(C)C)cc2)cc1C(C)(C)C. The Kier molecular flexibility index (Phi) is 6.76. The molecule has 1 unspecified atom stereocenters. The molecular formula is C32H35NO4. The normalized spacial score (nSPS) is 17.8. The van der Waals surface area contributed by atoms with Crippen molar-refractivity contribution in [1.82, 2.24) is 0 Å². The summed E-state index contributed by atoms with van der Waals surface area (Å²) in [4.78, 5) is 28.4. The van der Waals surface area contributed by atoms with Crippen LogP contribution >= 0.6 is 0 Å². The topological polar surface area (TPSA) is 66.8 Å². The molecule has 1 fully saturated rings. The molecule has 1 N–H and O–H groups in total. The molecule has 3 aromatic carbocycles. The van der Waals surface area contributed by atoms with Crippen LogP contribution in [-0.4, -0.2) is 23.9 Å². The number of amides is 1. The number of aliphatic hydroxyl groups excluding tert-OH is 1. The van der Waals surface area contributed by atoms with Crippen LogP contribution in [0, 0.1) is 0 Å². The standard InChI is InChI=1S/C32H35NO4/c1-31(2,3)22-16-13-20(14-17-22)27-26(29(35)30(36)33(27)23-11-9-8-10-12-23)28(34)21-15-18-25(37-7)24(19-21)32(4,5)6/h8-19,27,34H,1-7H3/b28-26-. The number of ether oxygens (including phenoxy) is 1. The molecule has 37 heavy (non-hydrogen) atoms. The highest BCUT2D eigenvalue weighted by Crippen LogP contribution is 2.43. The summed E-state index contributed by atoms with van der Waals surface area (Å²) in [6.45, 7) is 12.6. The summed E-state index contributed by atoms with van der Waals surface area (Å²) in [5, 5.41) is 11.6. The number of carbonyl (C=O) groups excluding carboxylic acids is 2. The Morgan fingerprint density at radius 2 is 1.46 bits per heavy atom. The Labute approximate surface area is 219 Å². The molecule has 1 saturated heterocycles. The van der Waals surface area contributed by atoms with E-state index in [1.165, 1.54) is 4.90 Å². The molecule has 0 aromatic heterocycles. The van der Waals surface area contributed by atoms with Gasteiger partial charge in [0.2, 0.25) is 0 Å². The van der Waals surface area contributed by atoms with Gasteiger partial charge in [0.1, 0.15) is 11.5 Å². The zero-order chi connectivity index (χ0) is 27.1. The van der Waals surface area contributed by atoms with Crippen LogP contribution < -0.4 is 9.64 Å². The van der Waals surface area contributed by atoms with Gasteiger partial charge in [-0.25, -0.2) is 0 Å². The average Bonchev–Trinajstić information content (AvgIpc) is 3.13. The first-order valence-corrected chi connectivity index (χ1v) is 12.5. The fourth-order valence-corrected chi connectivity index (χ4v) is 4.77. The number of nitrogens with zero attached hydrogens (tertiary/aromatic N) is 1. The third-order valence-corrected chi connectivity index (χ3v) is 6.85. The van der Waals surface area contributed by atoms with Crippen molar-refractivity contribution in [2.45, 2.75) is 58.4 Å². The summed E-state index contributed by atoms with van der Waals surface area (Å²) < 4.78 is 5.55. The van der Waals surface area contributed by atoms with Gasteiger partial charge in [0.15, 0.2) is 0 Å². The zero-order valence-electron chi connectivity index (χ0n) is 22.6. The van der Waals surface area contributed by atoms with Crippen LogP contribution in [0.4, 0.5) is 5.69 Å². The smallest absolute Gasteiger partial charge is 0.300 e. The molecule has 5 nitrogen and oxygen atoms in total. The van der Waals surface area contributed by atoms with E-state index in [9.17, 15) is 14.7 Å². The van der Waals surface area contributed by atoms with Crippen molar-refractivity contribution in [3.63, 3.8) is 0 Å². The third-order valence-electron chi connectivity index (χ3n) is 6.85. The fourth-order valence-electron chi connectivity index (χ4n) is 4.77.